The van der Waals surface area contributed by atoms with Crippen LogP contribution in [0.15, 0.2) is 0 Å². The van der Waals surface area contributed by atoms with Crippen LogP contribution in [0.3, 0.4) is 0 Å². The maximum Gasteiger partial charge on any atom is 0 e. The number of rotatable bonds is 0. The van der Waals surface area contributed by atoms with Gasteiger partial charge in [-0.1, -0.05) is 0 Å². The predicted octanol–water partition coefficient (Wildman–Crippen LogP) is -1.25. The van der Waals surface area contributed by atoms with Crippen molar-refractivity contribution in [2.24, 2.45) is 0 Å². The van der Waals surface area contributed by atoms with Crippen molar-refractivity contribution in [3.05, 3.63) is 0 Å². The maximum atomic E-state index is 4.89. The van der Waals surface area contributed by atoms with Gasteiger partial charge in [-0.2, -0.15) is 0 Å². The van der Waals surface area contributed by atoms with Crippen LogP contribution in [0.2, 0.25) is 0 Å². The minimum Gasteiger partial charge on any atom is -0.369 e. The van der Waals surface area contributed by atoms with Gasteiger partial charge in [0.25, 0.3) is 0 Å². The zero-order valence-electron chi connectivity index (χ0n) is 2.90. The Balaban J connectivity index is -0.00000000667. The average molecular weight is 276 g/mol. The van der Waals surface area contributed by atoms with E-state index < -0.39 is 16.5 Å². The number of hydrogen-bond acceptors (Lipinski definition) is 0. The molecule has 0 aromatic carbocycles. The van der Waals surface area contributed by atoms with Gasteiger partial charge in [-0.25, -0.2) is 0 Å². The molecular weight excluding hydrogens is 272 g/mol. The topological polar surface area (TPSA) is 36.5 Å². The van der Waals surface area contributed by atoms with Crippen LogP contribution in [0.5, 0.6) is 0 Å². The first-order valence-corrected chi connectivity index (χ1v) is 5.48. The van der Waals surface area contributed by atoms with E-state index >= 15 is 0 Å². The molecule has 0 aromatic heterocycles. The summed E-state index contributed by atoms with van der Waals surface area (Å²) >= 11 is -0.586. The summed E-state index contributed by atoms with van der Waals surface area (Å²) < 4.78 is 0. The van der Waals surface area contributed by atoms with E-state index in [1.54, 1.807) is 0 Å². The second kappa shape index (κ2) is 27.8. The van der Waals surface area contributed by atoms with E-state index in [1.807, 2.05) is 0 Å². The quantitative estimate of drug-likeness (QED) is 0.537. The maximum absolute atomic E-state index is 4.89. The Labute approximate surface area is 70.4 Å². The molecule has 44 valence electrons. The molecule has 0 unspecified atom stereocenters. The molecule has 0 radical (unpaired) electrons. The van der Waals surface area contributed by atoms with Gasteiger partial charge >= 0.3 is 35.3 Å². The van der Waals surface area contributed by atoms with Crippen molar-refractivity contribution in [2.75, 3.05) is 0 Å². The number of hydrogen-bond donors (Lipinski definition) is 1. The molecule has 0 heterocycles. The normalized spacial score (nSPS) is 3.00. The monoisotopic (exact) mass is 277 g/mol. The van der Waals surface area contributed by atoms with Crippen LogP contribution in [-0.4, -0.2) is 0 Å². The van der Waals surface area contributed by atoms with Crippen LogP contribution in [0.25, 0.3) is 0 Å². The molecule has 0 atom stereocenters. The molecule has 0 bridgehead atoms. The van der Waals surface area contributed by atoms with Gasteiger partial charge in [0.15, 0.2) is 0 Å². The first-order chi connectivity index (χ1) is 1.41. The van der Waals surface area contributed by atoms with Crippen LogP contribution in [0.1, 0.15) is 0 Å². The van der Waals surface area contributed by atoms with E-state index in [2.05, 4.69) is 0 Å². The molecule has 4 N–H and O–H groups in total. The fraction of sp³-hybridized carbons (Fsp3) is 0. The van der Waals surface area contributed by atoms with Crippen molar-refractivity contribution in [3.63, 3.8) is 0 Å². The summed E-state index contributed by atoms with van der Waals surface area (Å²) in [4.78, 5) is 0. The van der Waals surface area contributed by atoms with Crippen molar-refractivity contribution in [2.45, 2.75) is 0 Å². The summed E-state index contributed by atoms with van der Waals surface area (Å²) in [6.45, 7) is 0. The third-order valence-electron chi connectivity index (χ3n) is 0. The third kappa shape index (κ3) is 36.9. The molecule has 0 spiro atoms. The van der Waals surface area contributed by atoms with Crippen LogP contribution >= 0.6 is 18.8 Å². The fourth-order valence-electron chi connectivity index (χ4n) is 0. The summed E-state index contributed by atoms with van der Waals surface area (Å²) in [5.74, 6) is 0. The van der Waals surface area contributed by atoms with Crippen molar-refractivity contribution < 1.29 is 46.0 Å². The van der Waals surface area contributed by atoms with Gasteiger partial charge < -0.3 is 18.6 Å². The Hall–Kier alpha value is 2.04. The molecule has 0 saturated heterocycles. The molecule has 0 aliphatic carbocycles. The first kappa shape index (κ1) is 24.4. The summed E-state index contributed by atoms with van der Waals surface area (Å²) in [6, 6.07) is 0. The molecule has 0 amide bonds. The first-order valence-electron chi connectivity index (χ1n) is 0.309. The van der Waals surface area contributed by atoms with Crippen molar-refractivity contribution in [3.8, 4) is 0 Å². The molecule has 6 heteroatoms. The Morgan fingerprint density at radius 1 is 1.17 bits per heavy atom. The van der Waals surface area contributed by atoms with E-state index in [9.17, 15) is 0 Å². The second-order valence-electron chi connectivity index (χ2n) is 0.0583. The summed E-state index contributed by atoms with van der Waals surface area (Å²) in [6.07, 6.45) is 0. The van der Waals surface area contributed by atoms with Gasteiger partial charge in [0.1, 0.15) is 0 Å². The summed E-state index contributed by atoms with van der Waals surface area (Å²) in [7, 11) is 9.79. The number of halogens is 3. The summed E-state index contributed by atoms with van der Waals surface area (Å²) in [5.41, 5.74) is 0. The van der Waals surface area contributed by atoms with Gasteiger partial charge in [0, 0.05) is 17.1 Å². The molecule has 0 rings (SSSR count). The Kier molecular flexibility index (Phi) is 113. The van der Waals surface area contributed by atoms with Gasteiger partial charge in [-0.15, -0.1) is 0 Å². The average Bonchev–Trinajstić information content (AvgIpc) is 0.918. The Morgan fingerprint density at radius 2 is 1.17 bits per heavy atom. The van der Waals surface area contributed by atoms with Gasteiger partial charge in [-0.05, 0) is 0 Å². The third-order valence-corrected chi connectivity index (χ3v) is 0. The van der Waals surface area contributed by atoms with Crippen molar-refractivity contribution in [1.82, 2.24) is 6.15 Å². The zero-order valence-corrected chi connectivity index (χ0v) is 8.27. The largest absolute Gasteiger partial charge is 0.369 e. The molecule has 0 saturated carbocycles. The molecule has 6 heavy (non-hydrogen) atoms. The second-order valence-corrected chi connectivity index (χ2v) is 3.11. The zero-order chi connectivity index (χ0) is 2.71. The molecule has 0 aliphatic rings. The van der Waals surface area contributed by atoms with Gasteiger partial charge in [0.05, 0.1) is 0 Å². The van der Waals surface area contributed by atoms with Gasteiger partial charge in [-0.3, -0.25) is 0 Å². The van der Waals surface area contributed by atoms with Crippen molar-refractivity contribution >= 4 is 18.8 Å². The minimum absolute atomic E-state index is 0. The summed E-state index contributed by atoms with van der Waals surface area (Å²) in [5, 5.41) is 0. The molecule has 0 aliphatic heterocycles. The van der Waals surface area contributed by atoms with Gasteiger partial charge in [0.2, 0.25) is 0 Å². The SMILES string of the molecule is [Cl-].[Cl][Mo][Cl].[Fe].[NH4+]. The Bertz CT molecular complexity index is 10.8. The molecular formula is H4Cl3FeMoN. The fourth-order valence-corrected chi connectivity index (χ4v) is 0. The molecule has 0 fully saturated rings. The predicted molar refractivity (Wildman–Crippen MR) is 17.7 cm³/mol. The number of quaternary nitrogens is 1. The van der Waals surface area contributed by atoms with Crippen molar-refractivity contribution in [1.29, 1.82) is 0 Å². The van der Waals surface area contributed by atoms with E-state index in [0.29, 0.717) is 0 Å². The van der Waals surface area contributed by atoms with E-state index in [4.69, 9.17) is 18.8 Å². The standard InChI is InChI=1S/3ClH.Fe.Mo.H3N/h3*1H;;;1H3/q;;;;+2;/p-2. The van der Waals surface area contributed by atoms with E-state index in [1.165, 1.54) is 0 Å². The minimum atomic E-state index is -0.586. The smallest absolute Gasteiger partial charge is 0 e. The van der Waals surface area contributed by atoms with E-state index in [-0.39, 0.29) is 35.6 Å². The van der Waals surface area contributed by atoms with Crippen LogP contribution in [-0.2, 0) is 33.5 Å². The Morgan fingerprint density at radius 3 is 1.17 bits per heavy atom. The van der Waals surface area contributed by atoms with E-state index in [0.717, 1.165) is 0 Å². The van der Waals surface area contributed by atoms with Crippen LogP contribution in [0, 0.1) is 0 Å². The molecule has 0 aromatic rings. The van der Waals surface area contributed by atoms with Crippen LogP contribution in [0.4, 0.5) is 0 Å². The van der Waals surface area contributed by atoms with Crippen LogP contribution < -0.4 is 18.6 Å². The molecule has 1 nitrogen and oxygen atoms in total.